The first-order chi connectivity index (χ1) is 10.9. The van der Waals surface area contributed by atoms with Crippen LogP contribution in [-0.4, -0.2) is 25.3 Å². The lowest BCUT2D eigenvalue weighted by Crippen LogP contribution is -1.85. The van der Waals surface area contributed by atoms with Gasteiger partial charge in [0.2, 0.25) is 5.82 Å². The molecule has 22 heavy (non-hydrogen) atoms. The van der Waals surface area contributed by atoms with Crippen molar-refractivity contribution in [3.63, 3.8) is 0 Å². The highest BCUT2D eigenvalue weighted by Gasteiger charge is 2.12. The van der Waals surface area contributed by atoms with Crippen molar-refractivity contribution >= 4 is 0 Å². The Labute approximate surface area is 125 Å². The van der Waals surface area contributed by atoms with Gasteiger partial charge in [-0.1, -0.05) is 29.4 Å². The van der Waals surface area contributed by atoms with Gasteiger partial charge >= 0.3 is 0 Å². The number of H-pyrrole nitrogens is 1. The van der Waals surface area contributed by atoms with E-state index in [1.165, 1.54) is 0 Å². The Morgan fingerprint density at radius 2 is 1.86 bits per heavy atom. The standard InChI is InChI=1S/C16H11N5O/c1-2-8-17-14(6-1)16-19-15(21-22-16)12-5-3-4-11(10-12)13-7-9-18-20-13/h1-10H,(H,18,20). The van der Waals surface area contributed by atoms with Crippen molar-refractivity contribution in [1.82, 2.24) is 25.3 Å². The van der Waals surface area contributed by atoms with Gasteiger partial charge in [-0.15, -0.1) is 0 Å². The molecule has 0 amide bonds. The van der Waals surface area contributed by atoms with Gasteiger partial charge in [0.05, 0.1) is 5.69 Å². The number of nitrogens with zero attached hydrogens (tertiary/aromatic N) is 4. The fourth-order valence-electron chi connectivity index (χ4n) is 2.18. The predicted molar refractivity (Wildman–Crippen MR) is 80.5 cm³/mol. The van der Waals surface area contributed by atoms with Crippen molar-refractivity contribution in [2.45, 2.75) is 0 Å². The van der Waals surface area contributed by atoms with Crippen LogP contribution in [0.5, 0.6) is 0 Å². The summed E-state index contributed by atoms with van der Waals surface area (Å²) >= 11 is 0. The molecular weight excluding hydrogens is 278 g/mol. The third kappa shape index (κ3) is 2.26. The summed E-state index contributed by atoms with van der Waals surface area (Å²) < 4.78 is 5.29. The number of benzene rings is 1. The van der Waals surface area contributed by atoms with Gasteiger partial charge in [-0.25, -0.2) is 0 Å². The van der Waals surface area contributed by atoms with E-state index in [2.05, 4.69) is 25.3 Å². The maximum atomic E-state index is 5.29. The second kappa shape index (κ2) is 5.25. The summed E-state index contributed by atoms with van der Waals surface area (Å²) in [4.78, 5) is 8.61. The summed E-state index contributed by atoms with van der Waals surface area (Å²) in [5.74, 6) is 0.935. The summed E-state index contributed by atoms with van der Waals surface area (Å²) in [5, 5.41) is 10.9. The molecular formula is C16H11N5O. The molecule has 106 valence electrons. The molecule has 1 aromatic carbocycles. The maximum Gasteiger partial charge on any atom is 0.276 e. The second-order valence-corrected chi connectivity index (χ2v) is 4.69. The van der Waals surface area contributed by atoms with E-state index in [9.17, 15) is 0 Å². The third-order valence-corrected chi connectivity index (χ3v) is 3.24. The zero-order valence-corrected chi connectivity index (χ0v) is 11.5. The SMILES string of the molecule is c1ccc(-c2nc(-c3cccc(-c4ccn[nH]4)c3)no2)nc1. The molecule has 0 radical (unpaired) electrons. The normalized spacial score (nSPS) is 10.7. The molecule has 6 nitrogen and oxygen atoms in total. The summed E-state index contributed by atoms with van der Waals surface area (Å²) in [6, 6.07) is 15.3. The van der Waals surface area contributed by atoms with Crippen LogP contribution in [0.2, 0.25) is 0 Å². The molecule has 1 N–H and O–H groups in total. The Bertz CT molecular complexity index is 884. The number of nitrogens with one attached hydrogen (secondary N) is 1. The van der Waals surface area contributed by atoms with Crippen LogP contribution < -0.4 is 0 Å². The van der Waals surface area contributed by atoms with Crippen LogP contribution in [0, 0.1) is 0 Å². The van der Waals surface area contributed by atoms with Crippen LogP contribution in [0.25, 0.3) is 34.2 Å². The van der Waals surface area contributed by atoms with Gasteiger partial charge in [0, 0.05) is 23.5 Å². The highest BCUT2D eigenvalue weighted by molar-refractivity contribution is 5.68. The summed E-state index contributed by atoms with van der Waals surface area (Å²) in [6.07, 6.45) is 3.41. The average Bonchev–Trinajstić information content (AvgIpc) is 3.28. The fourth-order valence-corrected chi connectivity index (χ4v) is 2.18. The number of pyridine rings is 1. The van der Waals surface area contributed by atoms with Crippen LogP contribution in [0.15, 0.2) is 65.4 Å². The zero-order chi connectivity index (χ0) is 14.8. The molecule has 0 fully saturated rings. The largest absolute Gasteiger partial charge is 0.332 e. The van der Waals surface area contributed by atoms with Crippen LogP contribution in [0.1, 0.15) is 0 Å². The Balaban J connectivity index is 1.71. The molecule has 0 aliphatic heterocycles. The lowest BCUT2D eigenvalue weighted by atomic mass is 10.1. The van der Waals surface area contributed by atoms with Crippen LogP contribution in [0.3, 0.4) is 0 Å². The topological polar surface area (TPSA) is 80.5 Å². The number of aromatic amines is 1. The van der Waals surface area contributed by atoms with Gasteiger partial charge in [-0.2, -0.15) is 10.1 Å². The second-order valence-electron chi connectivity index (χ2n) is 4.69. The molecule has 0 bridgehead atoms. The molecule has 3 heterocycles. The smallest absolute Gasteiger partial charge is 0.276 e. The summed E-state index contributed by atoms with van der Waals surface area (Å²) in [5.41, 5.74) is 3.48. The van der Waals surface area contributed by atoms with Crippen LogP contribution >= 0.6 is 0 Å². The Morgan fingerprint density at radius 1 is 0.909 bits per heavy atom. The first-order valence-corrected chi connectivity index (χ1v) is 6.75. The van der Waals surface area contributed by atoms with Gasteiger partial charge in [-0.05, 0) is 24.3 Å². The molecule has 0 unspecified atom stereocenters. The van der Waals surface area contributed by atoms with Crippen molar-refractivity contribution < 1.29 is 4.52 Å². The molecule has 6 heteroatoms. The minimum absolute atomic E-state index is 0.405. The highest BCUT2D eigenvalue weighted by Crippen LogP contribution is 2.25. The van der Waals surface area contributed by atoms with Gasteiger partial charge < -0.3 is 4.52 Å². The van der Waals surface area contributed by atoms with Crippen molar-refractivity contribution in [1.29, 1.82) is 0 Å². The lowest BCUT2D eigenvalue weighted by molar-refractivity contribution is 0.431. The van der Waals surface area contributed by atoms with Crippen molar-refractivity contribution in [2.24, 2.45) is 0 Å². The molecule has 0 spiro atoms. The van der Waals surface area contributed by atoms with E-state index >= 15 is 0 Å². The van der Waals surface area contributed by atoms with E-state index in [1.54, 1.807) is 12.4 Å². The van der Waals surface area contributed by atoms with Crippen molar-refractivity contribution in [3.05, 3.63) is 60.9 Å². The molecule has 4 rings (SSSR count). The first kappa shape index (κ1) is 12.5. The van der Waals surface area contributed by atoms with Gasteiger partial charge in [0.1, 0.15) is 5.69 Å². The van der Waals surface area contributed by atoms with Gasteiger partial charge in [0.25, 0.3) is 5.89 Å². The van der Waals surface area contributed by atoms with E-state index in [1.807, 2.05) is 48.5 Å². The lowest BCUT2D eigenvalue weighted by Gasteiger charge is -1.99. The highest BCUT2D eigenvalue weighted by atomic mass is 16.5. The molecule has 0 aliphatic carbocycles. The molecule has 0 saturated heterocycles. The Kier molecular flexibility index (Phi) is 2.97. The van der Waals surface area contributed by atoms with Crippen molar-refractivity contribution in [3.8, 4) is 34.2 Å². The van der Waals surface area contributed by atoms with E-state index < -0.39 is 0 Å². The number of hydrogen-bond acceptors (Lipinski definition) is 5. The number of aromatic nitrogens is 5. The van der Waals surface area contributed by atoms with E-state index in [0.717, 1.165) is 16.8 Å². The van der Waals surface area contributed by atoms with Crippen molar-refractivity contribution in [2.75, 3.05) is 0 Å². The summed E-state index contributed by atoms with van der Waals surface area (Å²) in [7, 11) is 0. The zero-order valence-electron chi connectivity index (χ0n) is 11.5. The first-order valence-electron chi connectivity index (χ1n) is 6.75. The minimum Gasteiger partial charge on any atom is -0.332 e. The molecule has 4 aromatic rings. The molecule has 0 saturated carbocycles. The van der Waals surface area contributed by atoms with E-state index in [0.29, 0.717) is 17.4 Å². The third-order valence-electron chi connectivity index (χ3n) is 3.24. The van der Waals surface area contributed by atoms with E-state index in [4.69, 9.17) is 4.52 Å². The predicted octanol–water partition coefficient (Wildman–Crippen LogP) is 3.19. The van der Waals surface area contributed by atoms with E-state index in [-0.39, 0.29) is 0 Å². The molecule has 0 atom stereocenters. The monoisotopic (exact) mass is 289 g/mol. The maximum absolute atomic E-state index is 5.29. The van der Waals surface area contributed by atoms with Crippen LogP contribution in [0.4, 0.5) is 0 Å². The van der Waals surface area contributed by atoms with Gasteiger partial charge in [-0.3, -0.25) is 10.1 Å². The number of rotatable bonds is 3. The number of hydrogen-bond donors (Lipinski definition) is 1. The molecule has 3 aromatic heterocycles. The molecule has 0 aliphatic rings. The fraction of sp³-hybridized carbons (Fsp3) is 0. The van der Waals surface area contributed by atoms with Crippen LogP contribution in [-0.2, 0) is 0 Å². The summed E-state index contributed by atoms with van der Waals surface area (Å²) in [6.45, 7) is 0. The minimum atomic E-state index is 0.405. The quantitative estimate of drug-likeness (QED) is 0.626. The Morgan fingerprint density at radius 3 is 2.68 bits per heavy atom. The average molecular weight is 289 g/mol. The van der Waals surface area contributed by atoms with Gasteiger partial charge in [0.15, 0.2) is 0 Å². The Hall–Kier alpha value is -3.28.